The van der Waals surface area contributed by atoms with E-state index in [1.54, 1.807) is 0 Å². The zero-order valence-electron chi connectivity index (χ0n) is 9.70. The van der Waals surface area contributed by atoms with Crippen molar-refractivity contribution in [1.29, 1.82) is 0 Å². The predicted octanol–water partition coefficient (Wildman–Crippen LogP) is 4.29. The summed E-state index contributed by atoms with van der Waals surface area (Å²) in [6, 6.07) is 7.21. The van der Waals surface area contributed by atoms with E-state index in [9.17, 15) is 17.2 Å². The van der Waals surface area contributed by atoms with Crippen molar-refractivity contribution in [2.24, 2.45) is 0 Å². The molecule has 2 aromatic carbocycles. The first-order chi connectivity index (χ1) is 9.29. The number of rotatable bonds is 3. The van der Waals surface area contributed by atoms with Gasteiger partial charge >= 0.3 is 0 Å². The predicted molar refractivity (Wildman–Crippen MR) is 79.0 cm³/mol. The van der Waals surface area contributed by atoms with Crippen LogP contribution < -0.4 is 4.72 Å². The maximum atomic E-state index is 13.6. The summed E-state index contributed by atoms with van der Waals surface area (Å²) in [6.07, 6.45) is 0. The standard InChI is InChI=1S/C12H7Br2F2NO2S/c13-7-1-4-12(11(16)5-7)17-20(18,19)8-2-3-9(14)10(15)6-8/h1-6,17H. The van der Waals surface area contributed by atoms with Crippen molar-refractivity contribution in [1.82, 2.24) is 0 Å². The van der Waals surface area contributed by atoms with Crippen molar-refractivity contribution in [3.05, 3.63) is 57.0 Å². The largest absolute Gasteiger partial charge is 0.277 e. The fraction of sp³-hybridized carbons (Fsp3) is 0. The summed E-state index contributed by atoms with van der Waals surface area (Å²) in [5.41, 5.74) is -0.212. The van der Waals surface area contributed by atoms with Crippen LogP contribution in [-0.4, -0.2) is 8.42 Å². The molecule has 0 saturated carbocycles. The molecule has 0 saturated heterocycles. The van der Waals surface area contributed by atoms with Crippen LogP contribution in [0.5, 0.6) is 0 Å². The minimum Gasteiger partial charge on any atom is -0.277 e. The number of hydrogen-bond donors (Lipinski definition) is 1. The zero-order chi connectivity index (χ0) is 14.9. The molecule has 0 amide bonds. The van der Waals surface area contributed by atoms with Crippen LogP contribution in [-0.2, 0) is 10.0 Å². The van der Waals surface area contributed by atoms with Gasteiger partial charge in [-0.05, 0) is 52.3 Å². The molecule has 0 radical (unpaired) electrons. The van der Waals surface area contributed by atoms with Crippen LogP contribution in [0.2, 0.25) is 0 Å². The fourth-order valence-electron chi connectivity index (χ4n) is 1.42. The summed E-state index contributed by atoms with van der Waals surface area (Å²) in [5.74, 6) is -1.45. The van der Waals surface area contributed by atoms with Crippen LogP contribution in [0, 0.1) is 11.6 Å². The third-order valence-electron chi connectivity index (χ3n) is 2.38. The van der Waals surface area contributed by atoms with Gasteiger partial charge in [0.15, 0.2) is 0 Å². The monoisotopic (exact) mass is 425 g/mol. The number of nitrogens with one attached hydrogen (secondary N) is 1. The van der Waals surface area contributed by atoms with Crippen molar-refractivity contribution < 1.29 is 17.2 Å². The maximum absolute atomic E-state index is 13.6. The molecule has 0 heterocycles. The highest BCUT2D eigenvalue weighted by Gasteiger charge is 2.17. The van der Waals surface area contributed by atoms with E-state index in [0.717, 1.165) is 12.1 Å². The van der Waals surface area contributed by atoms with E-state index >= 15 is 0 Å². The Kier molecular flexibility index (Phi) is 4.46. The minimum absolute atomic E-state index is 0.145. The summed E-state index contributed by atoms with van der Waals surface area (Å²) in [7, 11) is -4.05. The summed E-state index contributed by atoms with van der Waals surface area (Å²) < 4.78 is 53.7. The average Bonchev–Trinajstić information content (AvgIpc) is 2.36. The molecular weight excluding hydrogens is 420 g/mol. The lowest BCUT2D eigenvalue weighted by Crippen LogP contribution is -2.14. The molecule has 2 rings (SSSR count). The molecule has 1 N–H and O–H groups in total. The summed E-state index contributed by atoms with van der Waals surface area (Å²) in [5, 5.41) is 0. The summed E-state index contributed by atoms with van der Waals surface area (Å²) >= 11 is 5.99. The third kappa shape index (κ3) is 3.36. The molecule has 2 aromatic rings. The Morgan fingerprint density at radius 1 is 0.950 bits per heavy atom. The Hall–Kier alpha value is -0.990. The van der Waals surface area contributed by atoms with E-state index in [1.165, 1.54) is 24.3 Å². The van der Waals surface area contributed by atoms with E-state index in [4.69, 9.17) is 0 Å². The van der Waals surface area contributed by atoms with Crippen molar-refractivity contribution >= 4 is 47.6 Å². The number of halogens is 4. The van der Waals surface area contributed by atoms with Gasteiger partial charge in [-0.25, -0.2) is 17.2 Å². The molecule has 0 aliphatic rings. The van der Waals surface area contributed by atoms with Gasteiger partial charge in [-0.15, -0.1) is 0 Å². The van der Waals surface area contributed by atoms with Crippen LogP contribution in [0.3, 0.4) is 0 Å². The van der Waals surface area contributed by atoms with Crippen LogP contribution in [0.15, 0.2) is 50.2 Å². The van der Waals surface area contributed by atoms with Crippen LogP contribution in [0.4, 0.5) is 14.5 Å². The first-order valence-corrected chi connectivity index (χ1v) is 8.29. The van der Waals surface area contributed by atoms with E-state index in [1.807, 2.05) is 0 Å². The van der Waals surface area contributed by atoms with Crippen LogP contribution >= 0.6 is 31.9 Å². The normalized spacial score (nSPS) is 11.4. The highest BCUT2D eigenvalue weighted by Crippen LogP contribution is 2.24. The van der Waals surface area contributed by atoms with Gasteiger partial charge in [0.05, 0.1) is 15.1 Å². The molecule has 106 valence electrons. The quantitative estimate of drug-likeness (QED) is 0.795. The topological polar surface area (TPSA) is 46.2 Å². The fourth-order valence-corrected chi connectivity index (χ4v) is 3.08. The van der Waals surface area contributed by atoms with Gasteiger partial charge in [0.1, 0.15) is 11.6 Å². The summed E-state index contributed by atoms with van der Waals surface area (Å²) in [6.45, 7) is 0. The second kappa shape index (κ2) is 5.79. The Balaban J connectivity index is 2.38. The number of hydrogen-bond acceptors (Lipinski definition) is 2. The van der Waals surface area contributed by atoms with E-state index in [2.05, 4.69) is 36.6 Å². The third-order valence-corrected chi connectivity index (χ3v) is 4.88. The first-order valence-electron chi connectivity index (χ1n) is 5.22. The molecule has 0 aliphatic heterocycles. The number of anilines is 1. The lowest BCUT2D eigenvalue weighted by atomic mass is 10.3. The maximum Gasteiger partial charge on any atom is 0.262 e. The smallest absolute Gasteiger partial charge is 0.262 e. The van der Waals surface area contributed by atoms with Crippen molar-refractivity contribution in [2.45, 2.75) is 4.90 Å². The number of sulfonamides is 1. The molecule has 0 aromatic heterocycles. The van der Waals surface area contributed by atoms with Crippen molar-refractivity contribution in [3.8, 4) is 0 Å². The lowest BCUT2D eigenvalue weighted by Gasteiger charge is -2.09. The molecule has 0 atom stereocenters. The van der Waals surface area contributed by atoms with Gasteiger partial charge in [-0.3, -0.25) is 4.72 Å². The molecule has 3 nitrogen and oxygen atoms in total. The van der Waals surface area contributed by atoms with Gasteiger partial charge < -0.3 is 0 Å². The van der Waals surface area contributed by atoms with Gasteiger partial charge in [0, 0.05) is 4.47 Å². The molecule has 8 heteroatoms. The Morgan fingerprint density at radius 3 is 2.25 bits per heavy atom. The highest BCUT2D eigenvalue weighted by molar-refractivity contribution is 9.10. The van der Waals surface area contributed by atoms with E-state index in [0.29, 0.717) is 4.47 Å². The van der Waals surface area contributed by atoms with E-state index in [-0.39, 0.29) is 15.1 Å². The second-order valence-electron chi connectivity index (χ2n) is 3.81. The van der Waals surface area contributed by atoms with Gasteiger partial charge in [0.25, 0.3) is 10.0 Å². The Labute approximate surface area is 131 Å². The van der Waals surface area contributed by atoms with E-state index < -0.39 is 21.7 Å². The molecular formula is C12H7Br2F2NO2S. The molecule has 0 spiro atoms. The van der Waals surface area contributed by atoms with Crippen LogP contribution in [0.25, 0.3) is 0 Å². The molecule has 0 bridgehead atoms. The van der Waals surface area contributed by atoms with Crippen molar-refractivity contribution in [3.63, 3.8) is 0 Å². The van der Waals surface area contributed by atoms with Gasteiger partial charge in [0.2, 0.25) is 0 Å². The molecule has 0 fully saturated rings. The van der Waals surface area contributed by atoms with Gasteiger partial charge in [-0.1, -0.05) is 15.9 Å². The molecule has 20 heavy (non-hydrogen) atoms. The number of benzene rings is 2. The van der Waals surface area contributed by atoms with Crippen molar-refractivity contribution in [2.75, 3.05) is 4.72 Å². The minimum atomic E-state index is -4.05. The summed E-state index contributed by atoms with van der Waals surface area (Å²) in [4.78, 5) is -0.291. The lowest BCUT2D eigenvalue weighted by molar-refractivity contribution is 0.592. The SMILES string of the molecule is O=S(=O)(Nc1ccc(Br)cc1F)c1ccc(Br)c(F)c1. The second-order valence-corrected chi connectivity index (χ2v) is 7.26. The van der Waals surface area contributed by atoms with Crippen LogP contribution in [0.1, 0.15) is 0 Å². The highest BCUT2D eigenvalue weighted by atomic mass is 79.9. The Morgan fingerprint density at radius 2 is 1.65 bits per heavy atom. The Bertz CT molecular complexity index is 766. The average molecular weight is 427 g/mol. The first kappa shape index (κ1) is 15.4. The zero-order valence-corrected chi connectivity index (χ0v) is 13.7. The molecule has 0 unspecified atom stereocenters. The van der Waals surface area contributed by atoms with Gasteiger partial charge in [-0.2, -0.15) is 0 Å². The molecule has 0 aliphatic carbocycles.